The molecule has 1 unspecified atom stereocenters. The Morgan fingerprint density at radius 1 is 1.36 bits per heavy atom. The lowest BCUT2D eigenvalue weighted by Crippen LogP contribution is -2.43. The summed E-state index contributed by atoms with van der Waals surface area (Å²) in [5.41, 5.74) is 0. The van der Waals surface area contributed by atoms with E-state index in [2.05, 4.69) is 5.32 Å². The van der Waals surface area contributed by atoms with Crippen molar-refractivity contribution in [2.75, 3.05) is 26.7 Å². The molecule has 0 aromatic rings. The van der Waals surface area contributed by atoms with Gasteiger partial charge in [0, 0.05) is 12.6 Å². The van der Waals surface area contributed by atoms with Gasteiger partial charge in [0.1, 0.15) is 0 Å². The Bertz CT molecular complexity index is 162. The maximum atomic E-state index is 12.1. The normalized spacial score (nSPS) is 25.1. The lowest BCUT2D eigenvalue weighted by molar-refractivity contribution is -0.147. The summed E-state index contributed by atoms with van der Waals surface area (Å²) in [6.45, 7) is 0.794. The molecule has 0 aromatic carbocycles. The molecule has 1 fully saturated rings. The van der Waals surface area contributed by atoms with Gasteiger partial charge in [-0.05, 0) is 26.4 Å². The highest BCUT2D eigenvalue weighted by Gasteiger charge is 2.31. The van der Waals surface area contributed by atoms with Gasteiger partial charge in [-0.25, -0.2) is 0 Å². The minimum atomic E-state index is -4.08. The Kier molecular flexibility index (Phi) is 4.19. The quantitative estimate of drug-likeness (QED) is 0.745. The second-order valence-corrected chi connectivity index (χ2v) is 3.88. The summed E-state index contributed by atoms with van der Waals surface area (Å²) in [7, 11) is 1.55. The van der Waals surface area contributed by atoms with Crippen molar-refractivity contribution in [2.24, 2.45) is 0 Å². The predicted octanol–water partition coefficient (Wildman–Crippen LogP) is 1.62. The first-order chi connectivity index (χ1) is 6.49. The van der Waals surface area contributed by atoms with Crippen molar-refractivity contribution in [2.45, 2.75) is 31.5 Å². The molecule has 1 rings (SSSR count). The predicted molar refractivity (Wildman–Crippen MR) is 49.2 cm³/mol. The Morgan fingerprint density at radius 2 is 2.07 bits per heavy atom. The zero-order valence-corrected chi connectivity index (χ0v) is 8.40. The van der Waals surface area contributed by atoms with Crippen LogP contribution in [-0.2, 0) is 0 Å². The molecule has 0 aliphatic carbocycles. The van der Waals surface area contributed by atoms with Crippen LogP contribution in [0.25, 0.3) is 0 Å². The third-order valence-electron chi connectivity index (χ3n) is 2.57. The molecule has 1 heterocycles. The summed E-state index contributed by atoms with van der Waals surface area (Å²) in [5, 5.41) is 3.15. The van der Waals surface area contributed by atoms with Crippen molar-refractivity contribution in [1.82, 2.24) is 10.2 Å². The fraction of sp³-hybridized carbons (Fsp3) is 1.00. The highest BCUT2D eigenvalue weighted by Crippen LogP contribution is 2.19. The fourth-order valence-electron chi connectivity index (χ4n) is 1.79. The molecule has 0 spiro atoms. The van der Waals surface area contributed by atoms with E-state index < -0.39 is 12.7 Å². The molecule has 0 radical (unpaired) electrons. The van der Waals surface area contributed by atoms with Crippen molar-refractivity contribution >= 4 is 0 Å². The van der Waals surface area contributed by atoms with Crippen LogP contribution in [-0.4, -0.2) is 43.8 Å². The molecule has 0 amide bonds. The van der Waals surface area contributed by atoms with E-state index >= 15 is 0 Å². The molecule has 0 aromatic heterocycles. The third kappa shape index (κ3) is 4.28. The van der Waals surface area contributed by atoms with Gasteiger partial charge < -0.3 is 5.32 Å². The number of hydrogen-bond donors (Lipinski definition) is 1. The van der Waals surface area contributed by atoms with Gasteiger partial charge in [-0.2, -0.15) is 13.2 Å². The molecule has 1 aliphatic heterocycles. The zero-order chi connectivity index (χ0) is 10.6. The molecule has 1 aliphatic rings. The summed E-state index contributed by atoms with van der Waals surface area (Å²) in [5.74, 6) is 0. The summed E-state index contributed by atoms with van der Waals surface area (Å²) in [4.78, 5) is 1.40. The number of rotatable bonds is 2. The van der Waals surface area contributed by atoms with E-state index in [0.29, 0.717) is 6.54 Å². The largest absolute Gasteiger partial charge is 0.401 e. The first-order valence-corrected chi connectivity index (χ1v) is 4.97. The first kappa shape index (κ1) is 11.8. The molecular formula is C9H17F3N2. The van der Waals surface area contributed by atoms with Crippen LogP contribution < -0.4 is 5.32 Å². The van der Waals surface area contributed by atoms with Crippen molar-refractivity contribution in [1.29, 1.82) is 0 Å². The highest BCUT2D eigenvalue weighted by molar-refractivity contribution is 4.76. The average Bonchev–Trinajstić information content (AvgIpc) is 2.27. The molecule has 2 nitrogen and oxygen atoms in total. The van der Waals surface area contributed by atoms with Crippen LogP contribution in [0.15, 0.2) is 0 Å². The molecular weight excluding hydrogens is 193 g/mol. The van der Waals surface area contributed by atoms with Gasteiger partial charge in [0.2, 0.25) is 0 Å². The molecule has 0 saturated carbocycles. The minimum Gasteiger partial charge on any atom is -0.315 e. The fourth-order valence-corrected chi connectivity index (χ4v) is 1.79. The Morgan fingerprint density at radius 3 is 2.71 bits per heavy atom. The van der Waals surface area contributed by atoms with Crippen LogP contribution >= 0.6 is 0 Å². The van der Waals surface area contributed by atoms with Crippen LogP contribution in [0.2, 0.25) is 0 Å². The zero-order valence-electron chi connectivity index (χ0n) is 8.40. The van der Waals surface area contributed by atoms with Gasteiger partial charge in [0.15, 0.2) is 0 Å². The van der Waals surface area contributed by atoms with E-state index in [-0.39, 0.29) is 6.04 Å². The lowest BCUT2D eigenvalue weighted by Gasteiger charge is -2.27. The number of nitrogens with one attached hydrogen (secondary N) is 1. The van der Waals surface area contributed by atoms with Crippen molar-refractivity contribution in [3.05, 3.63) is 0 Å². The number of alkyl halides is 3. The van der Waals surface area contributed by atoms with Gasteiger partial charge in [-0.15, -0.1) is 0 Å². The van der Waals surface area contributed by atoms with E-state index in [1.807, 2.05) is 0 Å². The topological polar surface area (TPSA) is 15.3 Å². The van der Waals surface area contributed by atoms with Crippen LogP contribution in [0.3, 0.4) is 0 Å². The molecule has 1 N–H and O–H groups in total. The smallest absolute Gasteiger partial charge is 0.315 e. The standard InChI is InChI=1S/C9H17F3N2/c1-14(7-9(10,11)12)8-4-2-3-5-13-6-8/h8,13H,2-7H2,1H3. The Labute approximate surface area is 82.5 Å². The molecule has 0 bridgehead atoms. The lowest BCUT2D eigenvalue weighted by atomic mass is 10.1. The molecule has 84 valence electrons. The summed E-state index contributed by atoms with van der Waals surface area (Å²) >= 11 is 0. The van der Waals surface area contributed by atoms with Crippen LogP contribution in [0.4, 0.5) is 13.2 Å². The van der Waals surface area contributed by atoms with Crippen molar-refractivity contribution < 1.29 is 13.2 Å². The molecule has 1 atom stereocenters. The van der Waals surface area contributed by atoms with Crippen LogP contribution in [0.1, 0.15) is 19.3 Å². The second kappa shape index (κ2) is 4.98. The molecule has 5 heteroatoms. The maximum absolute atomic E-state index is 12.1. The van der Waals surface area contributed by atoms with E-state index in [0.717, 1.165) is 25.8 Å². The van der Waals surface area contributed by atoms with E-state index in [4.69, 9.17) is 0 Å². The summed E-state index contributed by atoms with van der Waals surface area (Å²) in [6, 6.07) is 0.0270. The number of nitrogens with zero attached hydrogens (tertiary/aromatic N) is 1. The monoisotopic (exact) mass is 210 g/mol. The minimum absolute atomic E-state index is 0.0270. The Balaban J connectivity index is 2.37. The second-order valence-electron chi connectivity index (χ2n) is 3.88. The van der Waals surface area contributed by atoms with Gasteiger partial charge >= 0.3 is 6.18 Å². The van der Waals surface area contributed by atoms with E-state index in [1.54, 1.807) is 7.05 Å². The molecule has 14 heavy (non-hydrogen) atoms. The van der Waals surface area contributed by atoms with E-state index in [9.17, 15) is 13.2 Å². The highest BCUT2D eigenvalue weighted by atomic mass is 19.4. The Hall–Kier alpha value is -0.290. The van der Waals surface area contributed by atoms with Gasteiger partial charge in [-0.3, -0.25) is 4.90 Å². The summed E-state index contributed by atoms with van der Waals surface area (Å²) in [6.07, 6.45) is -1.14. The first-order valence-electron chi connectivity index (χ1n) is 4.97. The maximum Gasteiger partial charge on any atom is 0.401 e. The van der Waals surface area contributed by atoms with Crippen LogP contribution in [0, 0.1) is 0 Å². The molecule has 1 saturated heterocycles. The third-order valence-corrected chi connectivity index (χ3v) is 2.57. The van der Waals surface area contributed by atoms with Crippen LogP contribution in [0.5, 0.6) is 0 Å². The number of hydrogen-bond acceptors (Lipinski definition) is 2. The SMILES string of the molecule is CN(CC(F)(F)F)C1CCCCNC1. The van der Waals surface area contributed by atoms with Crippen molar-refractivity contribution in [3.8, 4) is 0 Å². The summed E-state index contributed by atoms with van der Waals surface area (Å²) < 4.78 is 36.3. The average molecular weight is 210 g/mol. The van der Waals surface area contributed by atoms with Gasteiger partial charge in [-0.1, -0.05) is 6.42 Å². The van der Waals surface area contributed by atoms with Crippen molar-refractivity contribution in [3.63, 3.8) is 0 Å². The van der Waals surface area contributed by atoms with E-state index in [1.165, 1.54) is 4.90 Å². The number of halogens is 3. The van der Waals surface area contributed by atoms with Gasteiger partial charge in [0.05, 0.1) is 6.54 Å². The van der Waals surface area contributed by atoms with Gasteiger partial charge in [0.25, 0.3) is 0 Å². The number of likely N-dealkylation sites (N-methyl/N-ethyl adjacent to an activating group) is 1.